The fourth-order valence-electron chi connectivity index (χ4n) is 3.31. The lowest BCUT2D eigenvalue weighted by molar-refractivity contribution is 0.101. The molecule has 1 aliphatic carbocycles. The van der Waals surface area contributed by atoms with Crippen LogP contribution in [0.15, 0.2) is 24.3 Å². The minimum atomic E-state index is -0.523. The highest BCUT2D eigenvalue weighted by atomic mass is 16.5. The van der Waals surface area contributed by atoms with Crippen LogP contribution < -0.4 is 14.8 Å². The van der Waals surface area contributed by atoms with E-state index in [1.807, 2.05) is 37.3 Å². The minimum Gasteiger partial charge on any atom is -0.493 e. The highest BCUT2D eigenvalue weighted by Crippen LogP contribution is 2.28. The zero-order valence-corrected chi connectivity index (χ0v) is 15.7. The van der Waals surface area contributed by atoms with Crippen LogP contribution in [0.3, 0.4) is 0 Å². The topological polar surface area (TPSA) is 50.7 Å². The first kappa shape index (κ1) is 19.8. The maximum atomic E-state index is 10.2. The summed E-state index contributed by atoms with van der Waals surface area (Å²) in [6, 6.07) is 6.35. The van der Waals surface area contributed by atoms with E-state index in [4.69, 9.17) is 9.47 Å². The Morgan fingerprint density at radius 2 is 1.88 bits per heavy atom. The second-order valence-electron chi connectivity index (χ2n) is 6.83. The Morgan fingerprint density at radius 3 is 2.56 bits per heavy atom. The Kier molecular flexibility index (Phi) is 8.84. The number of hydrogen-bond acceptors (Lipinski definition) is 4. The quantitative estimate of drug-likeness (QED) is 0.741. The summed E-state index contributed by atoms with van der Waals surface area (Å²) in [5.41, 5.74) is 1.07. The van der Waals surface area contributed by atoms with E-state index in [-0.39, 0.29) is 6.61 Å². The van der Waals surface area contributed by atoms with Crippen LogP contribution in [0.4, 0.5) is 0 Å². The monoisotopic (exact) mass is 347 g/mol. The third-order valence-electron chi connectivity index (χ3n) is 4.73. The summed E-state index contributed by atoms with van der Waals surface area (Å²) in [6.45, 7) is 2.82. The number of benzene rings is 1. The molecule has 2 rings (SSSR count). The van der Waals surface area contributed by atoms with Crippen LogP contribution >= 0.6 is 0 Å². The number of rotatable bonds is 8. The second kappa shape index (κ2) is 11.2. The molecular weight excluding hydrogens is 314 g/mol. The molecule has 0 bridgehead atoms. The lowest BCUT2D eigenvalue weighted by Crippen LogP contribution is -2.38. The Hall–Kier alpha value is -1.52. The van der Waals surface area contributed by atoms with Gasteiger partial charge in [0.1, 0.15) is 12.7 Å². The van der Waals surface area contributed by atoms with Crippen LogP contribution in [0.2, 0.25) is 0 Å². The highest BCUT2D eigenvalue weighted by molar-refractivity contribution is 5.55. The van der Waals surface area contributed by atoms with Crippen molar-refractivity contribution in [1.29, 1.82) is 0 Å². The van der Waals surface area contributed by atoms with E-state index < -0.39 is 6.10 Å². The summed E-state index contributed by atoms with van der Waals surface area (Å²) in [4.78, 5) is 0. The number of hydrogen-bond donors (Lipinski definition) is 2. The van der Waals surface area contributed by atoms with E-state index in [0.29, 0.717) is 24.1 Å². The molecule has 1 saturated carbocycles. The van der Waals surface area contributed by atoms with Gasteiger partial charge < -0.3 is 19.9 Å². The Labute approximate surface area is 152 Å². The first-order chi connectivity index (χ1) is 12.2. The molecule has 2 N–H and O–H groups in total. The fourth-order valence-corrected chi connectivity index (χ4v) is 3.31. The van der Waals surface area contributed by atoms with Gasteiger partial charge in [0, 0.05) is 12.6 Å². The van der Waals surface area contributed by atoms with Gasteiger partial charge in [-0.2, -0.15) is 0 Å². The van der Waals surface area contributed by atoms with Crippen molar-refractivity contribution in [3.8, 4) is 11.5 Å². The van der Waals surface area contributed by atoms with Crippen molar-refractivity contribution in [2.75, 3.05) is 20.3 Å². The fraction of sp³-hybridized carbons (Fsp3) is 0.619. The molecule has 1 aliphatic rings. The molecule has 140 valence electrons. The summed E-state index contributed by atoms with van der Waals surface area (Å²) >= 11 is 0. The van der Waals surface area contributed by atoms with Crippen LogP contribution in [0.25, 0.3) is 6.08 Å². The van der Waals surface area contributed by atoms with E-state index >= 15 is 0 Å². The van der Waals surface area contributed by atoms with Crippen molar-refractivity contribution < 1.29 is 14.6 Å². The molecule has 0 radical (unpaired) electrons. The molecule has 0 amide bonds. The van der Waals surface area contributed by atoms with E-state index in [1.165, 1.54) is 44.9 Å². The van der Waals surface area contributed by atoms with E-state index in [0.717, 1.165) is 5.56 Å². The lowest BCUT2D eigenvalue weighted by Gasteiger charge is -2.23. The molecule has 1 aromatic carbocycles. The lowest BCUT2D eigenvalue weighted by atomic mass is 9.96. The highest BCUT2D eigenvalue weighted by Gasteiger charge is 2.14. The van der Waals surface area contributed by atoms with Crippen LogP contribution in [0.1, 0.15) is 57.4 Å². The first-order valence-corrected chi connectivity index (χ1v) is 9.58. The van der Waals surface area contributed by atoms with Crippen LogP contribution in [-0.2, 0) is 0 Å². The molecular formula is C21H33NO3. The molecule has 0 aromatic heterocycles. The van der Waals surface area contributed by atoms with Crippen LogP contribution in [0.5, 0.6) is 11.5 Å². The van der Waals surface area contributed by atoms with Crippen molar-refractivity contribution in [3.63, 3.8) is 0 Å². The van der Waals surface area contributed by atoms with Gasteiger partial charge in [-0.25, -0.2) is 0 Å². The summed E-state index contributed by atoms with van der Waals surface area (Å²) < 4.78 is 11.2. The standard InChI is InChI=1S/C21H33NO3/c1-3-9-17-12-13-20(21(14-17)24-2)25-16-19(23)15-22-18-10-7-5-4-6-8-11-18/h3,9,12-14,18-19,22-23H,4-8,10-11,15-16H2,1-2H3. The van der Waals surface area contributed by atoms with E-state index in [1.54, 1.807) is 7.11 Å². The maximum Gasteiger partial charge on any atom is 0.161 e. The SMILES string of the molecule is CC=Cc1ccc(OCC(O)CNC2CCCCCCC2)c(OC)c1. The average molecular weight is 347 g/mol. The molecule has 4 nitrogen and oxygen atoms in total. The largest absolute Gasteiger partial charge is 0.493 e. The summed E-state index contributed by atoms with van der Waals surface area (Å²) in [5, 5.41) is 13.7. The summed E-state index contributed by atoms with van der Waals surface area (Å²) in [6.07, 6.45) is 12.5. The number of nitrogens with one attached hydrogen (secondary N) is 1. The molecule has 0 aliphatic heterocycles. The van der Waals surface area contributed by atoms with E-state index in [2.05, 4.69) is 5.32 Å². The number of methoxy groups -OCH3 is 1. The third kappa shape index (κ3) is 7.09. The van der Waals surface area contributed by atoms with Gasteiger partial charge in [0.15, 0.2) is 11.5 Å². The zero-order valence-electron chi connectivity index (χ0n) is 15.7. The molecule has 0 spiro atoms. The van der Waals surface area contributed by atoms with Crippen molar-refractivity contribution in [2.45, 2.75) is 64.0 Å². The molecule has 4 heteroatoms. The van der Waals surface area contributed by atoms with Crippen LogP contribution in [0, 0.1) is 0 Å². The molecule has 1 fully saturated rings. The number of allylic oxidation sites excluding steroid dienone is 1. The average Bonchev–Trinajstić information content (AvgIpc) is 2.59. The van der Waals surface area contributed by atoms with Crippen molar-refractivity contribution in [2.24, 2.45) is 0 Å². The van der Waals surface area contributed by atoms with E-state index in [9.17, 15) is 5.11 Å². The number of aliphatic hydroxyl groups excluding tert-OH is 1. The molecule has 1 atom stereocenters. The van der Waals surface area contributed by atoms with Gasteiger partial charge in [-0.15, -0.1) is 0 Å². The number of aliphatic hydroxyl groups is 1. The predicted octanol–water partition coefficient (Wildman–Crippen LogP) is 4.17. The molecule has 25 heavy (non-hydrogen) atoms. The van der Waals surface area contributed by atoms with Crippen molar-refractivity contribution >= 4 is 6.08 Å². The molecule has 1 aromatic rings. The Bertz CT molecular complexity index is 522. The van der Waals surface area contributed by atoms with Gasteiger partial charge in [0.25, 0.3) is 0 Å². The molecule has 1 unspecified atom stereocenters. The number of ether oxygens (including phenoxy) is 2. The zero-order chi connectivity index (χ0) is 17.9. The van der Waals surface area contributed by atoms with Crippen LogP contribution in [-0.4, -0.2) is 37.5 Å². The van der Waals surface area contributed by atoms with Gasteiger partial charge in [-0.05, 0) is 37.5 Å². The second-order valence-corrected chi connectivity index (χ2v) is 6.83. The third-order valence-corrected chi connectivity index (χ3v) is 4.73. The summed E-state index contributed by atoms with van der Waals surface area (Å²) in [7, 11) is 1.63. The van der Waals surface area contributed by atoms with Gasteiger partial charge in [-0.1, -0.05) is 50.3 Å². The normalized spacial score (nSPS) is 17.9. The Morgan fingerprint density at radius 1 is 1.16 bits per heavy atom. The smallest absolute Gasteiger partial charge is 0.161 e. The van der Waals surface area contributed by atoms with Gasteiger partial charge in [0.2, 0.25) is 0 Å². The molecule has 0 saturated heterocycles. The minimum absolute atomic E-state index is 0.263. The summed E-state index contributed by atoms with van der Waals surface area (Å²) in [5.74, 6) is 1.36. The van der Waals surface area contributed by atoms with Gasteiger partial charge >= 0.3 is 0 Å². The van der Waals surface area contributed by atoms with Gasteiger partial charge in [-0.3, -0.25) is 0 Å². The Balaban J connectivity index is 1.78. The predicted molar refractivity (Wildman–Crippen MR) is 103 cm³/mol. The molecule has 0 heterocycles. The van der Waals surface area contributed by atoms with Crippen molar-refractivity contribution in [3.05, 3.63) is 29.8 Å². The maximum absolute atomic E-state index is 10.2. The van der Waals surface area contributed by atoms with Gasteiger partial charge in [0.05, 0.1) is 7.11 Å². The first-order valence-electron chi connectivity index (χ1n) is 9.58. The van der Waals surface area contributed by atoms with Crippen molar-refractivity contribution in [1.82, 2.24) is 5.32 Å².